The Morgan fingerprint density at radius 1 is 1.03 bits per heavy atom. The number of allylic oxidation sites excluding steroid dienone is 3. The van der Waals surface area contributed by atoms with Crippen molar-refractivity contribution in [2.45, 2.75) is 91.6 Å². The number of fused-ring (bicyclic) bond motifs is 7. The first-order valence-corrected chi connectivity index (χ1v) is 12.2. The average Bonchev–Trinajstić information content (AvgIpc) is 2.98. The maximum Gasteiger partial charge on any atom is 0.302 e. The summed E-state index contributed by atoms with van der Waals surface area (Å²) >= 11 is 0. The molecule has 0 radical (unpaired) electrons. The van der Waals surface area contributed by atoms with Crippen LogP contribution < -0.4 is 0 Å². The molecule has 0 heterocycles. The summed E-state index contributed by atoms with van der Waals surface area (Å²) in [7, 11) is 0. The molecule has 0 amide bonds. The zero-order valence-corrected chi connectivity index (χ0v) is 19.2. The maximum atomic E-state index is 13.2. The van der Waals surface area contributed by atoms with E-state index in [2.05, 4.69) is 32.1 Å². The van der Waals surface area contributed by atoms with Gasteiger partial charge in [-0.05, 0) is 92.8 Å². The third-order valence-electron chi connectivity index (χ3n) is 10.7. The predicted octanol–water partition coefficient (Wildman–Crippen LogP) is 6.03. The number of rotatable bonds is 2. The molecule has 0 bridgehead atoms. The maximum absolute atomic E-state index is 13.2. The minimum atomic E-state index is -0.150. The Morgan fingerprint density at radius 2 is 1.83 bits per heavy atom. The molecule has 164 valence electrons. The van der Waals surface area contributed by atoms with E-state index in [0.717, 1.165) is 38.5 Å². The highest BCUT2D eigenvalue weighted by atomic mass is 16.5. The van der Waals surface area contributed by atoms with E-state index in [1.807, 2.05) is 6.92 Å². The molecule has 0 aromatic carbocycles. The van der Waals surface area contributed by atoms with Crippen molar-refractivity contribution in [3.05, 3.63) is 23.8 Å². The Kier molecular flexibility index (Phi) is 4.66. The number of carbonyl (C=O) groups excluding carboxylic acids is 2. The van der Waals surface area contributed by atoms with Crippen molar-refractivity contribution in [3.63, 3.8) is 0 Å². The van der Waals surface area contributed by atoms with Crippen LogP contribution in [0, 0.1) is 39.9 Å². The molecule has 0 aromatic heterocycles. The second-order valence-electron chi connectivity index (χ2n) is 11.6. The van der Waals surface area contributed by atoms with E-state index in [9.17, 15) is 9.59 Å². The first-order valence-electron chi connectivity index (χ1n) is 12.2. The van der Waals surface area contributed by atoms with E-state index < -0.39 is 0 Å². The standard InChI is InChI=1S/C27H38O3/c1-17(28)27-12-6-5-7-20(27)16-24-22-9-8-19-15-21(30-18(2)29)10-13-25(19,3)23(22)11-14-26(24,27)4/h5-6,8,20-24H,7,9-16H2,1-4H3/t20-,21-,22-,23+,24+,25-,26-,27-/m0/s1. The summed E-state index contributed by atoms with van der Waals surface area (Å²) in [4.78, 5) is 24.6. The summed E-state index contributed by atoms with van der Waals surface area (Å²) < 4.78 is 5.59. The molecule has 8 atom stereocenters. The van der Waals surface area contributed by atoms with Crippen molar-refractivity contribution >= 4 is 11.8 Å². The van der Waals surface area contributed by atoms with Gasteiger partial charge in [0.25, 0.3) is 0 Å². The molecule has 3 saturated carbocycles. The molecule has 30 heavy (non-hydrogen) atoms. The number of carbonyl (C=O) groups is 2. The molecule has 0 unspecified atom stereocenters. The number of esters is 1. The molecule has 0 aliphatic heterocycles. The van der Waals surface area contributed by atoms with Crippen LogP contribution in [0.1, 0.15) is 85.5 Å². The summed E-state index contributed by atoms with van der Waals surface area (Å²) in [6, 6.07) is 0. The van der Waals surface area contributed by atoms with Crippen LogP contribution >= 0.6 is 0 Å². The van der Waals surface area contributed by atoms with Crippen molar-refractivity contribution in [3.8, 4) is 0 Å². The van der Waals surface area contributed by atoms with E-state index in [-0.39, 0.29) is 28.3 Å². The van der Waals surface area contributed by atoms with E-state index in [1.165, 1.54) is 26.2 Å². The van der Waals surface area contributed by atoms with E-state index in [4.69, 9.17) is 4.74 Å². The fraction of sp³-hybridized carbons (Fsp3) is 0.778. The average molecular weight is 411 g/mol. The number of ketones is 1. The third kappa shape index (κ3) is 2.56. The van der Waals surface area contributed by atoms with Gasteiger partial charge < -0.3 is 4.74 Å². The first-order chi connectivity index (χ1) is 14.2. The molecule has 0 N–H and O–H groups in total. The Morgan fingerprint density at radius 3 is 2.57 bits per heavy atom. The summed E-state index contributed by atoms with van der Waals surface area (Å²) in [5.74, 6) is 2.90. The molecule has 0 aromatic rings. The molecule has 5 aliphatic carbocycles. The van der Waals surface area contributed by atoms with Crippen molar-refractivity contribution in [2.24, 2.45) is 39.9 Å². The number of Topliss-reactive ketones (excluding diaryl/α,β-unsaturated/α-hetero) is 1. The second kappa shape index (κ2) is 6.81. The molecule has 5 rings (SSSR count). The molecule has 5 aliphatic rings. The van der Waals surface area contributed by atoms with Crippen LogP contribution in [0.25, 0.3) is 0 Å². The minimum Gasteiger partial charge on any atom is -0.462 e. The topological polar surface area (TPSA) is 43.4 Å². The summed E-state index contributed by atoms with van der Waals surface area (Å²) in [5.41, 5.74) is 1.81. The highest BCUT2D eigenvalue weighted by Gasteiger charge is 2.68. The molecule has 3 nitrogen and oxygen atoms in total. The lowest BCUT2D eigenvalue weighted by Crippen LogP contribution is -2.55. The number of hydrogen-bond acceptors (Lipinski definition) is 3. The summed E-state index contributed by atoms with van der Waals surface area (Å²) in [6.07, 6.45) is 17.1. The highest BCUT2D eigenvalue weighted by molar-refractivity contribution is 5.85. The van der Waals surface area contributed by atoms with Crippen LogP contribution in [0.15, 0.2) is 23.8 Å². The first kappa shape index (κ1) is 20.5. The van der Waals surface area contributed by atoms with E-state index >= 15 is 0 Å². The van der Waals surface area contributed by atoms with Gasteiger partial charge in [0, 0.05) is 18.8 Å². The smallest absolute Gasteiger partial charge is 0.302 e. The normalized spacial score (nSPS) is 49.2. The fourth-order valence-electron chi connectivity index (χ4n) is 9.31. The lowest BCUT2D eigenvalue weighted by Gasteiger charge is -2.60. The molecule has 0 saturated heterocycles. The van der Waals surface area contributed by atoms with Crippen LogP contribution in [0.5, 0.6) is 0 Å². The van der Waals surface area contributed by atoms with Gasteiger partial charge in [0.1, 0.15) is 11.9 Å². The molecule has 0 spiro atoms. The van der Waals surface area contributed by atoms with Gasteiger partial charge >= 0.3 is 5.97 Å². The van der Waals surface area contributed by atoms with Gasteiger partial charge in [-0.1, -0.05) is 37.6 Å². The molecule has 3 heteroatoms. The molecular formula is C27H38O3. The van der Waals surface area contributed by atoms with E-state index in [1.54, 1.807) is 5.57 Å². The molecular weight excluding hydrogens is 372 g/mol. The lowest BCUT2D eigenvalue weighted by molar-refractivity contribution is -0.150. The van der Waals surface area contributed by atoms with Crippen molar-refractivity contribution in [1.29, 1.82) is 0 Å². The Balaban J connectivity index is 1.47. The SMILES string of the molecule is CC(=O)O[C@H]1CC[C@@]2(C)C(=CC[C@H]3[C@H]2CC[C@@]2(C)[C@@H]3C[C@@H]3CC=CC[C@]32C(C)=O)C1. The van der Waals surface area contributed by atoms with Crippen LogP contribution in [0.2, 0.25) is 0 Å². The van der Waals surface area contributed by atoms with Gasteiger partial charge in [0.15, 0.2) is 0 Å². The van der Waals surface area contributed by atoms with Crippen LogP contribution in [-0.4, -0.2) is 17.9 Å². The van der Waals surface area contributed by atoms with Gasteiger partial charge in [-0.25, -0.2) is 0 Å². The second-order valence-corrected chi connectivity index (χ2v) is 11.6. The predicted molar refractivity (Wildman–Crippen MR) is 118 cm³/mol. The van der Waals surface area contributed by atoms with Gasteiger partial charge in [0.2, 0.25) is 0 Å². The van der Waals surface area contributed by atoms with Crippen LogP contribution in [-0.2, 0) is 14.3 Å². The third-order valence-corrected chi connectivity index (χ3v) is 10.7. The minimum absolute atomic E-state index is 0.0636. The van der Waals surface area contributed by atoms with E-state index in [0.29, 0.717) is 29.5 Å². The Labute approximate surface area is 181 Å². The lowest BCUT2D eigenvalue weighted by atomic mass is 9.44. The Hall–Kier alpha value is -1.38. The summed E-state index contributed by atoms with van der Waals surface area (Å²) in [6.45, 7) is 8.38. The highest BCUT2D eigenvalue weighted by Crippen LogP contribution is 2.73. The zero-order chi connectivity index (χ0) is 21.3. The van der Waals surface area contributed by atoms with Crippen molar-refractivity contribution < 1.29 is 14.3 Å². The monoisotopic (exact) mass is 410 g/mol. The van der Waals surface area contributed by atoms with Crippen LogP contribution in [0.4, 0.5) is 0 Å². The summed E-state index contributed by atoms with van der Waals surface area (Å²) in [5, 5.41) is 0. The largest absolute Gasteiger partial charge is 0.462 e. The van der Waals surface area contributed by atoms with Gasteiger partial charge in [-0.3, -0.25) is 9.59 Å². The Bertz CT molecular complexity index is 824. The number of hydrogen-bond donors (Lipinski definition) is 0. The number of ether oxygens (including phenoxy) is 1. The van der Waals surface area contributed by atoms with Crippen molar-refractivity contribution in [1.82, 2.24) is 0 Å². The quantitative estimate of drug-likeness (QED) is 0.412. The van der Waals surface area contributed by atoms with Gasteiger partial charge in [-0.2, -0.15) is 0 Å². The van der Waals surface area contributed by atoms with Gasteiger partial charge in [-0.15, -0.1) is 0 Å². The van der Waals surface area contributed by atoms with Crippen LogP contribution in [0.3, 0.4) is 0 Å². The van der Waals surface area contributed by atoms with Gasteiger partial charge in [0.05, 0.1) is 0 Å². The van der Waals surface area contributed by atoms with Crippen molar-refractivity contribution in [2.75, 3.05) is 0 Å². The fourth-order valence-corrected chi connectivity index (χ4v) is 9.31. The molecule has 3 fully saturated rings. The zero-order valence-electron chi connectivity index (χ0n) is 19.2.